The summed E-state index contributed by atoms with van der Waals surface area (Å²) in [5.74, 6) is 0. The first-order valence-electron chi connectivity index (χ1n) is 4.25. The maximum Gasteiger partial charge on any atom is 0.0991 e. The molecule has 1 fully saturated rings. The van der Waals surface area contributed by atoms with Crippen molar-refractivity contribution >= 4 is 0 Å². The van der Waals surface area contributed by atoms with Crippen LogP contribution in [0, 0.1) is 11.3 Å². The lowest BCUT2D eigenvalue weighted by Gasteiger charge is -2.07. The van der Waals surface area contributed by atoms with Gasteiger partial charge in [-0.1, -0.05) is 19.1 Å². The van der Waals surface area contributed by atoms with E-state index in [1.54, 1.807) is 0 Å². The van der Waals surface area contributed by atoms with Crippen LogP contribution in [0.4, 0.5) is 0 Å². The number of nitriles is 1. The van der Waals surface area contributed by atoms with E-state index in [9.17, 15) is 0 Å². The lowest BCUT2D eigenvalue weighted by molar-refractivity contribution is 0.788. The normalized spacial score (nSPS) is 18.3. The van der Waals surface area contributed by atoms with Gasteiger partial charge in [0.05, 0.1) is 11.6 Å². The van der Waals surface area contributed by atoms with Gasteiger partial charge in [-0.2, -0.15) is 5.26 Å². The molecule has 0 amide bonds. The molecule has 1 aliphatic rings. The predicted octanol–water partition coefficient (Wildman–Crippen LogP) is 2.61. The molecule has 0 unspecified atom stereocenters. The van der Waals surface area contributed by atoms with Crippen LogP contribution in [0.3, 0.4) is 0 Å². The molecule has 0 atom stereocenters. The number of benzene rings is 1. The van der Waals surface area contributed by atoms with Gasteiger partial charge in [-0.05, 0) is 36.0 Å². The van der Waals surface area contributed by atoms with E-state index in [2.05, 4.69) is 25.1 Å². The molecule has 1 aromatic carbocycles. The van der Waals surface area contributed by atoms with Crippen molar-refractivity contribution in [1.29, 1.82) is 5.26 Å². The second kappa shape index (κ2) is 2.35. The average molecular weight is 157 g/mol. The molecule has 0 spiro atoms. The summed E-state index contributed by atoms with van der Waals surface area (Å²) in [5.41, 5.74) is 2.55. The third-order valence-electron chi connectivity index (χ3n) is 2.71. The van der Waals surface area contributed by atoms with Gasteiger partial charge in [-0.25, -0.2) is 0 Å². The summed E-state index contributed by atoms with van der Waals surface area (Å²) in [4.78, 5) is 0. The molecule has 1 nitrogen and oxygen atoms in total. The van der Waals surface area contributed by atoms with Gasteiger partial charge in [0.25, 0.3) is 0 Å². The fourth-order valence-electron chi connectivity index (χ4n) is 1.42. The van der Waals surface area contributed by atoms with Crippen molar-refractivity contribution in [3.63, 3.8) is 0 Å². The third kappa shape index (κ3) is 1.10. The van der Waals surface area contributed by atoms with Gasteiger partial charge in [0.2, 0.25) is 0 Å². The van der Waals surface area contributed by atoms with Crippen LogP contribution < -0.4 is 0 Å². The first-order chi connectivity index (χ1) is 5.74. The van der Waals surface area contributed by atoms with Crippen molar-refractivity contribution in [3.05, 3.63) is 35.4 Å². The summed E-state index contributed by atoms with van der Waals surface area (Å²) in [6.07, 6.45) is 2.58. The van der Waals surface area contributed by atoms with Crippen LogP contribution in [0.2, 0.25) is 0 Å². The van der Waals surface area contributed by atoms with Gasteiger partial charge in [-0.15, -0.1) is 0 Å². The van der Waals surface area contributed by atoms with Crippen molar-refractivity contribution in [2.45, 2.75) is 25.2 Å². The minimum atomic E-state index is 0.425. The molecule has 60 valence electrons. The van der Waals surface area contributed by atoms with Crippen molar-refractivity contribution < 1.29 is 0 Å². The van der Waals surface area contributed by atoms with Crippen LogP contribution in [-0.4, -0.2) is 0 Å². The molecular weight excluding hydrogens is 146 g/mol. The first kappa shape index (κ1) is 7.36. The zero-order valence-electron chi connectivity index (χ0n) is 7.17. The van der Waals surface area contributed by atoms with Gasteiger partial charge in [0.1, 0.15) is 0 Å². The molecule has 0 N–H and O–H groups in total. The summed E-state index contributed by atoms with van der Waals surface area (Å²) in [7, 11) is 0. The Kier molecular flexibility index (Phi) is 1.44. The van der Waals surface area contributed by atoms with Crippen LogP contribution in [-0.2, 0) is 5.41 Å². The van der Waals surface area contributed by atoms with E-state index in [-0.39, 0.29) is 0 Å². The summed E-state index contributed by atoms with van der Waals surface area (Å²) < 4.78 is 0. The standard InChI is InChI=1S/C11H11N/c1-11(6-7-11)10-4-2-9(8-12)3-5-10/h2-5H,6-7H2,1H3. The van der Waals surface area contributed by atoms with Gasteiger partial charge >= 0.3 is 0 Å². The summed E-state index contributed by atoms with van der Waals surface area (Å²) in [6, 6.07) is 10.1. The van der Waals surface area contributed by atoms with Crippen LogP contribution in [0.15, 0.2) is 24.3 Å². The highest BCUT2D eigenvalue weighted by atomic mass is 14.4. The van der Waals surface area contributed by atoms with Crippen molar-refractivity contribution in [1.82, 2.24) is 0 Å². The van der Waals surface area contributed by atoms with Crippen molar-refractivity contribution in [2.75, 3.05) is 0 Å². The van der Waals surface area contributed by atoms with Crippen LogP contribution in [0.25, 0.3) is 0 Å². The van der Waals surface area contributed by atoms with E-state index < -0.39 is 0 Å². The smallest absolute Gasteiger partial charge is 0.0991 e. The quantitative estimate of drug-likeness (QED) is 0.614. The Hall–Kier alpha value is -1.29. The maximum atomic E-state index is 8.60. The third-order valence-corrected chi connectivity index (χ3v) is 2.71. The molecule has 1 aromatic rings. The van der Waals surface area contributed by atoms with Crippen molar-refractivity contribution in [3.8, 4) is 6.07 Å². The molecule has 0 radical (unpaired) electrons. The molecule has 0 aromatic heterocycles. The largest absolute Gasteiger partial charge is 0.192 e. The van der Waals surface area contributed by atoms with E-state index in [0.717, 1.165) is 5.56 Å². The van der Waals surface area contributed by atoms with Crippen LogP contribution in [0.1, 0.15) is 30.9 Å². The maximum absolute atomic E-state index is 8.60. The van der Waals surface area contributed by atoms with E-state index in [0.29, 0.717) is 5.41 Å². The van der Waals surface area contributed by atoms with Crippen LogP contribution in [0.5, 0.6) is 0 Å². The molecule has 0 saturated heterocycles. The topological polar surface area (TPSA) is 23.8 Å². The molecule has 1 heteroatoms. The lowest BCUT2D eigenvalue weighted by Crippen LogP contribution is -1.98. The molecule has 12 heavy (non-hydrogen) atoms. The average Bonchev–Trinajstić information content (AvgIpc) is 2.85. The minimum absolute atomic E-state index is 0.425. The molecule has 0 heterocycles. The Labute approximate surface area is 72.6 Å². The van der Waals surface area contributed by atoms with E-state index in [1.807, 2.05) is 12.1 Å². The zero-order chi connectivity index (χ0) is 8.60. The SMILES string of the molecule is CC1(c2ccc(C#N)cc2)CC1. The molecule has 1 saturated carbocycles. The highest BCUT2D eigenvalue weighted by Gasteiger charge is 2.38. The summed E-state index contributed by atoms with van der Waals surface area (Å²) in [6.45, 7) is 2.27. The van der Waals surface area contributed by atoms with E-state index in [1.165, 1.54) is 18.4 Å². The minimum Gasteiger partial charge on any atom is -0.192 e. The van der Waals surface area contributed by atoms with Crippen LogP contribution >= 0.6 is 0 Å². The molecule has 0 bridgehead atoms. The summed E-state index contributed by atoms with van der Waals surface area (Å²) in [5, 5.41) is 8.60. The van der Waals surface area contributed by atoms with E-state index >= 15 is 0 Å². The Morgan fingerprint density at radius 3 is 2.25 bits per heavy atom. The van der Waals surface area contributed by atoms with Gasteiger partial charge in [0, 0.05) is 0 Å². The molecule has 0 aliphatic heterocycles. The highest BCUT2D eigenvalue weighted by molar-refractivity contribution is 5.37. The molecular formula is C11H11N. The number of nitrogens with zero attached hydrogens (tertiary/aromatic N) is 1. The van der Waals surface area contributed by atoms with E-state index in [4.69, 9.17) is 5.26 Å². The lowest BCUT2D eigenvalue weighted by atomic mass is 9.98. The Morgan fingerprint density at radius 2 is 1.83 bits per heavy atom. The predicted molar refractivity (Wildman–Crippen MR) is 47.7 cm³/mol. The Bertz CT molecular complexity index is 325. The Morgan fingerprint density at radius 1 is 1.25 bits per heavy atom. The Balaban J connectivity index is 2.32. The van der Waals surface area contributed by atoms with Gasteiger partial charge in [0.15, 0.2) is 0 Å². The number of hydrogen-bond acceptors (Lipinski definition) is 1. The monoisotopic (exact) mass is 157 g/mol. The fraction of sp³-hybridized carbons (Fsp3) is 0.364. The zero-order valence-corrected chi connectivity index (χ0v) is 7.17. The first-order valence-corrected chi connectivity index (χ1v) is 4.25. The molecule has 2 rings (SSSR count). The van der Waals surface area contributed by atoms with Gasteiger partial charge < -0.3 is 0 Å². The van der Waals surface area contributed by atoms with Crippen molar-refractivity contribution in [2.24, 2.45) is 0 Å². The highest BCUT2D eigenvalue weighted by Crippen LogP contribution is 2.47. The van der Waals surface area contributed by atoms with Gasteiger partial charge in [-0.3, -0.25) is 0 Å². The number of rotatable bonds is 1. The fourth-order valence-corrected chi connectivity index (χ4v) is 1.42. The molecule has 1 aliphatic carbocycles. The second-order valence-corrected chi connectivity index (χ2v) is 3.75. The summed E-state index contributed by atoms with van der Waals surface area (Å²) >= 11 is 0. The number of hydrogen-bond donors (Lipinski definition) is 0. The second-order valence-electron chi connectivity index (χ2n) is 3.75.